The summed E-state index contributed by atoms with van der Waals surface area (Å²) in [7, 11) is 0. The zero-order valence-electron chi connectivity index (χ0n) is 13.4. The van der Waals surface area contributed by atoms with Gasteiger partial charge in [0.05, 0.1) is 12.2 Å². The number of rotatable bonds is 5. The van der Waals surface area contributed by atoms with Gasteiger partial charge in [-0.1, -0.05) is 12.5 Å². The summed E-state index contributed by atoms with van der Waals surface area (Å²) in [4.78, 5) is 27.8. The number of alkyl halides is 2. The van der Waals surface area contributed by atoms with E-state index in [1.165, 1.54) is 18.2 Å². The van der Waals surface area contributed by atoms with Crippen molar-refractivity contribution in [2.24, 2.45) is 10.8 Å². The lowest BCUT2D eigenvalue weighted by Crippen LogP contribution is -2.61. The molecule has 2 saturated carbocycles. The maximum Gasteiger partial charge on any atom is 0.319 e. The standard InChI is InChI=1S/C17H20F2N2O3/c1-15(18,19)12-5-2-4-11(21-12)8-20-13(22)17(14(23)24)9-16(10-17)6-3-7-16/h2,4-5H,3,6-10H2,1H3,(H,20,22)(H,23,24). The zero-order valence-corrected chi connectivity index (χ0v) is 13.4. The normalized spacial score (nSPS) is 20.8. The molecule has 7 heteroatoms. The molecule has 1 aromatic heterocycles. The van der Waals surface area contributed by atoms with Gasteiger partial charge >= 0.3 is 5.97 Å². The average Bonchev–Trinajstić information content (AvgIpc) is 2.41. The van der Waals surface area contributed by atoms with E-state index in [1.807, 2.05) is 0 Å². The molecule has 0 saturated heterocycles. The number of hydrogen-bond donors (Lipinski definition) is 2. The summed E-state index contributed by atoms with van der Waals surface area (Å²) in [5.41, 5.74) is -1.45. The van der Waals surface area contributed by atoms with Crippen molar-refractivity contribution in [1.82, 2.24) is 10.3 Å². The highest BCUT2D eigenvalue weighted by molar-refractivity contribution is 6.03. The van der Waals surface area contributed by atoms with E-state index < -0.39 is 23.2 Å². The van der Waals surface area contributed by atoms with E-state index in [0.717, 1.165) is 26.2 Å². The molecule has 2 fully saturated rings. The first-order valence-electron chi connectivity index (χ1n) is 8.03. The summed E-state index contributed by atoms with van der Waals surface area (Å²) in [5, 5.41) is 12.0. The minimum atomic E-state index is -3.06. The van der Waals surface area contributed by atoms with Crippen LogP contribution in [0.15, 0.2) is 18.2 Å². The van der Waals surface area contributed by atoms with Crippen LogP contribution in [0, 0.1) is 10.8 Å². The summed E-state index contributed by atoms with van der Waals surface area (Å²) in [6.45, 7) is 0.689. The number of halogens is 2. The number of carbonyl (C=O) groups excluding carboxylic acids is 1. The molecule has 0 radical (unpaired) electrons. The molecule has 0 bridgehead atoms. The van der Waals surface area contributed by atoms with Gasteiger partial charge in [-0.25, -0.2) is 4.98 Å². The fourth-order valence-corrected chi connectivity index (χ4v) is 3.83. The Morgan fingerprint density at radius 3 is 2.50 bits per heavy atom. The maximum atomic E-state index is 13.3. The van der Waals surface area contributed by atoms with Gasteiger partial charge in [0.25, 0.3) is 5.92 Å². The number of carbonyl (C=O) groups is 2. The van der Waals surface area contributed by atoms with Gasteiger partial charge in [0.15, 0.2) is 0 Å². The minimum Gasteiger partial charge on any atom is -0.480 e. The van der Waals surface area contributed by atoms with Crippen molar-refractivity contribution in [2.75, 3.05) is 0 Å². The third kappa shape index (κ3) is 2.76. The number of aromatic nitrogens is 1. The molecule has 0 aliphatic heterocycles. The molecule has 1 heterocycles. The molecule has 0 aromatic carbocycles. The van der Waals surface area contributed by atoms with E-state index >= 15 is 0 Å². The molecule has 5 nitrogen and oxygen atoms in total. The van der Waals surface area contributed by atoms with Crippen molar-refractivity contribution in [3.05, 3.63) is 29.6 Å². The van der Waals surface area contributed by atoms with Crippen molar-refractivity contribution in [3.63, 3.8) is 0 Å². The molecular formula is C17H20F2N2O3. The van der Waals surface area contributed by atoms with E-state index in [2.05, 4.69) is 10.3 Å². The van der Waals surface area contributed by atoms with Crippen LogP contribution in [0.2, 0.25) is 0 Å². The molecule has 3 rings (SSSR count). The van der Waals surface area contributed by atoms with Crippen LogP contribution < -0.4 is 5.32 Å². The summed E-state index contributed by atoms with van der Waals surface area (Å²) in [6.07, 6.45) is 3.76. The Hall–Kier alpha value is -2.05. The number of amides is 1. The smallest absolute Gasteiger partial charge is 0.319 e. The van der Waals surface area contributed by atoms with Gasteiger partial charge in [0, 0.05) is 6.92 Å². The zero-order chi connectivity index (χ0) is 17.6. The highest BCUT2D eigenvalue weighted by atomic mass is 19.3. The Balaban J connectivity index is 1.66. The van der Waals surface area contributed by atoms with Crippen LogP contribution in [0.4, 0.5) is 8.78 Å². The Morgan fingerprint density at radius 1 is 1.33 bits per heavy atom. The topological polar surface area (TPSA) is 79.3 Å². The second kappa shape index (κ2) is 5.50. The lowest BCUT2D eigenvalue weighted by Gasteiger charge is -2.58. The molecule has 1 amide bonds. The van der Waals surface area contributed by atoms with Crippen molar-refractivity contribution in [3.8, 4) is 0 Å². The fourth-order valence-electron chi connectivity index (χ4n) is 3.83. The molecule has 24 heavy (non-hydrogen) atoms. The third-order valence-electron chi connectivity index (χ3n) is 5.30. The highest BCUT2D eigenvalue weighted by Crippen LogP contribution is 2.64. The van der Waals surface area contributed by atoms with Crippen LogP contribution in [-0.4, -0.2) is 22.0 Å². The first-order valence-corrected chi connectivity index (χ1v) is 8.03. The van der Waals surface area contributed by atoms with E-state index in [9.17, 15) is 23.5 Å². The number of nitrogens with zero attached hydrogens (tertiary/aromatic N) is 1. The highest BCUT2D eigenvalue weighted by Gasteiger charge is 2.64. The number of nitrogens with one attached hydrogen (secondary N) is 1. The molecule has 2 aliphatic rings. The van der Waals surface area contributed by atoms with E-state index in [0.29, 0.717) is 12.8 Å². The summed E-state index contributed by atoms with van der Waals surface area (Å²) in [5.74, 6) is -4.73. The maximum absolute atomic E-state index is 13.3. The second-order valence-electron chi connectivity index (χ2n) is 7.18. The predicted molar refractivity (Wildman–Crippen MR) is 81.2 cm³/mol. The summed E-state index contributed by atoms with van der Waals surface area (Å²) in [6, 6.07) is 4.19. The molecule has 1 aromatic rings. The van der Waals surface area contributed by atoms with E-state index in [4.69, 9.17) is 0 Å². The number of hydrogen-bond acceptors (Lipinski definition) is 3. The van der Waals surface area contributed by atoms with Gasteiger partial charge in [-0.3, -0.25) is 9.59 Å². The monoisotopic (exact) mass is 338 g/mol. The summed E-state index contributed by atoms with van der Waals surface area (Å²) < 4.78 is 26.6. The molecule has 0 atom stereocenters. The van der Waals surface area contributed by atoms with Crippen molar-refractivity contribution in [1.29, 1.82) is 0 Å². The van der Waals surface area contributed by atoms with Crippen molar-refractivity contribution >= 4 is 11.9 Å². The molecule has 2 aliphatic carbocycles. The van der Waals surface area contributed by atoms with Crippen molar-refractivity contribution < 1.29 is 23.5 Å². The SMILES string of the molecule is CC(F)(F)c1cccc(CNC(=O)C2(C(=O)O)CC3(CCC3)C2)n1. The second-order valence-corrected chi connectivity index (χ2v) is 7.18. The van der Waals surface area contributed by atoms with Crippen molar-refractivity contribution in [2.45, 2.75) is 51.5 Å². The number of carboxylic acids is 1. The first-order chi connectivity index (χ1) is 11.2. The Bertz CT molecular complexity index is 673. The van der Waals surface area contributed by atoms with Crippen LogP contribution in [0.1, 0.15) is 50.4 Å². The Kier molecular flexibility index (Phi) is 3.85. The minimum absolute atomic E-state index is 0.0260. The van der Waals surface area contributed by atoms with Crippen LogP contribution in [-0.2, 0) is 22.1 Å². The molecule has 0 unspecified atom stereocenters. The first kappa shape index (κ1) is 16.8. The average molecular weight is 338 g/mol. The fraction of sp³-hybridized carbons (Fsp3) is 0.588. The van der Waals surface area contributed by atoms with E-state index in [1.54, 1.807) is 0 Å². The Labute approximate surface area is 138 Å². The molecule has 1 spiro atoms. The Morgan fingerprint density at radius 2 is 2.00 bits per heavy atom. The lowest BCUT2D eigenvalue weighted by molar-refractivity contribution is -0.181. The lowest BCUT2D eigenvalue weighted by atomic mass is 9.45. The van der Waals surface area contributed by atoms with Gasteiger partial charge in [0.1, 0.15) is 11.1 Å². The van der Waals surface area contributed by atoms with Crippen LogP contribution in [0.5, 0.6) is 0 Å². The molecule has 130 valence electrons. The third-order valence-corrected chi connectivity index (χ3v) is 5.30. The summed E-state index contributed by atoms with van der Waals surface area (Å²) >= 11 is 0. The van der Waals surface area contributed by atoms with Crippen LogP contribution in [0.3, 0.4) is 0 Å². The van der Waals surface area contributed by atoms with Crippen LogP contribution >= 0.6 is 0 Å². The number of aliphatic carboxylic acids is 1. The van der Waals surface area contributed by atoms with Gasteiger partial charge in [-0.15, -0.1) is 0 Å². The quantitative estimate of drug-likeness (QED) is 0.809. The van der Waals surface area contributed by atoms with E-state index in [-0.39, 0.29) is 23.3 Å². The molecule has 2 N–H and O–H groups in total. The van der Waals surface area contributed by atoms with Gasteiger partial charge in [0.2, 0.25) is 5.91 Å². The van der Waals surface area contributed by atoms with Gasteiger partial charge < -0.3 is 10.4 Å². The van der Waals surface area contributed by atoms with Gasteiger partial charge in [-0.2, -0.15) is 8.78 Å². The van der Waals surface area contributed by atoms with Crippen LogP contribution in [0.25, 0.3) is 0 Å². The predicted octanol–water partition coefficient (Wildman–Crippen LogP) is 2.84. The number of carboxylic acid groups (broad SMARTS) is 1. The number of pyridine rings is 1. The largest absolute Gasteiger partial charge is 0.480 e. The molecular weight excluding hydrogens is 318 g/mol. The van der Waals surface area contributed by atoms with Gasteiger partial charge in [-0.05, 0) is 43.2 Å².